The molecule has 0 bridgehead atoms. The highest BCUT2D eigenvalue weighted by Gasteiger charge is 2.22. The van der Waals surface area contributed by atoms with Crippen molar-refractivity contribution in [2.45, 2.75) is 12.5 Å². The summed E-state index contributed by atoms with van der Waals surface area (Å²) in [4.78, 5) is 14.9. The van der Waals surface area contributed by atoms with Crippen molar-refractivity contribution in [1.29, 1.82) is 0 Å². The van der Waals surface area contributed by atoms with Crippen LogP contribution in [0.25, 0.3) is 11.1 Å². The first-order valence-electron chi connectivity index (χ1n) is 9.57. The average Bonchev–Trinajstić information content (AvgIpc) is 3.24. The first kappa shape index (κ1) is 18.3. The Balaban J connectivity index is 1.39. The summed E-state index contributed by atoms with van der Waals surface area (Å²) in [7, 11) is 1.76. The summed E-state index contributed by atoms with van der Waals surface area (Å²) in [5, 5.41) is 2.97. The van der Waals surface area contributed by atoms with E-state index in [-0.39, 0.29) is 5.91 Å². The van der Waals surface area contributed by atoms with E-state index in [1.54, 1.807) is 7.11 Å². The molecule has 4 heteroatoms. The number of hydrogen-bond donors (Lipinski definition) is 1. The average molecular weight is 372 g/mol. The number of anilines is 2. The van der Waals surface area contributed by atoms with Gasteiger partial charge in [0.2, 0.25) is 0 Å². The van der Waals surface area contributed by atoms with Gasteiger partial charge >= 0.3 is 0 Å². The summed E-state index contributed by atoms with van der Waals surface area (Å²) in [6.07, 6.45) is 1.35. The van der Waals surface area contributed by atoms with Gasteiger partial charge in [-0.25, -0.2) is 0 Å². The van der Waals surface area contributed by atoms with Crippen LogP contribution in [0.4, 0.5) is 11.4 Å². The molecule has 0 saturated carbocycles. The minimum absolute atomic E-state index is 0.104. The Labute approximate surface area is 165 Å². The molecule has 0 spiro atoms. The topological polar surface area (TPSA) is 41.6 Å². The van der Waals surface area contributed by atoms with Gasteiger partial charge < -0.3 is 15.0 Å². The van der Waals surface area contributed by atoms with Crippen LogP contribution >= 0.6 is 0 Å². The molecule has 1 saturated heterocycles. The molecule has 1 N–H and O–H groups in total. The Kier molecular flexibility index (Phi) is 5.40. The molecule has 0 aliphatic carbocycles. The normalized spacial score (nSPS) is 16.2. The van der Waals surface area contributed by atoms with Gasteiger partial charge in [-0.1, -0.05) is 42.5 Å². The number of nitrogens with one attached hydrogen (secondary N) is 1. The fourth-order valence-corrected chi connectivity index (χ4v) is 3.56. The van der Waals surface area contributed by atoms with E-state index in [1.807, 2.05) is 66.7 Å². The molecule has 0 radical (unpaired) electrons. The van der Waals surface area contributed by atoms with E-state index >= 15 is 0 Å². The highest BCUT2D eigenvalue weighted by molar-refractivity contribution is 6.04. The number of ether oxygens (including phenoxy) is 1. The van der Waals surface area contributed by atoms with Gasteiger partial charge in [0.15, 0.2) is 0 Å². The van der Waals surface area contributed by atoms with Crippen molar-refractivity contribution in [3.63, 3.8) is 0 Å². The van der Waals surface area contributed by atoms with Gasteiger partial charge in [-0.15, -0.1) is 0 Å². The third-order valence-electron chi connectivity index (χ3n) is 5.22. The zero-order valence-electron chi connectivity index (χ0n) is 16.0. The van der Waals surface area contributed by atoms with Gasteiger partial charge in [0.05, 0.1) is 6.10 Å². The minimum atomic E-state index is -0.104. The third-order valence-corrected chi connectivity index (χ3v) is 5.22. The summed E-state index contributed by atoms with van der Waals surface area (Å²) in [6, 6.07) is 25.8. The first-order chi connectivity index (χ1) is 13.7. The maximum absolute atomic E-state index is 12.5. The van der Waals surface area contributed by atoms with E-state index in [4.69, 9.17) is 4.74 Å². The molecule has 3 aromatic carbocycles. The summed E-state index contributed by atoms with van der Waals surface area (Å²) in [6.45, 7) is 1.91. The molecule has 1 unspecified atom stereocenters. The van der Waals surface area contributed by atoms with Crippen LogP contribution in [0.3, 0.4) is 0 Å². The van der Waals surface area contributed by atoms with Crippen LogP contribution in [0.2, 0.25) is 0 Å². The van der Waals surface area contributed by atoms with E-state index in [9.17, 15) is 4.79 Å². The van der Waals surface area contributed by atoms with Crippen LogP contribution in [0.15, 0.2) is 78.9 Å². The van der Waals surface area contributed by atoms with Gasteiger partial charge in [-0.05, 0) is 53.9 Å². The van der Waals surface area contributed by atoms with Crippen molar-refractivity contribution in [2.24, 2.45) is 0 Å². The highest BCUT2D eigenvalue weighted by atomic mass is 16.5. The van der Waals surface area contributed by atoms with Crippen LogP contribution in [-0.4, -0.2) is 32.2 Å². The largest absolute Gasteiger partial charge is 0.380 e. The summed E-state index contributed by atoms with van der Waals surface area (Å²) >= 11 is 0. The molecule has 1 aliphatic rings. The van der Waals surface area contributed by atoms with Crippen LogP contribution in [0.5, 0.6) is 0 Å². The van der Waals surface area contributed by atoms with Crippen LogP contribution in [0, 0.1) is 0 Å². The van der Waals surface area contributed by atoms with Gasteiger partial charge in [-0.3, -0.25) is 4.79 Å². The number of amides is 1. The zero-order chi connectivity index (χ0) is 19.3. The number of rotatable bonds is 5. The molecule has 1 amide bonds. The lowest BCUT2D eigenvalue weighted by Crippen LogP contribution is -2.22. The number of benzene rings is 3. The van der Waals surface area contributed by atoms with Crippen molar-refractivity contribution in [3.05, 3.63) is 84.4 Å². The Morgan fingerprint density at radius 1 is 0.929 bits per heavy atom. The number of methoxy groups -OCH3 is 1. The molecule has 142 valence electrons. The van der Waals surface area contributed by atoms with Crippen LogP contribution in [-0.2, 0) is 4.74 Å². The fraction of sp³-hybridized carbons (Fsp3) is 0.208. The highest BCUT2D eigenvalue weighted by Crippen LogP contribution is 2.24. The molecule has 4 nitrogen and oxygen atoms in total. The fourth-order valence-electron chi connectivity index (χ4n) is 3.56. The summed E-state index contributed by atoms with van der Waals surface area (Å²) in [5.41, 5.74) is 4.84. The maximum Gasteiger partial charge on any atom is 0.255 e. The predicted octanol–water partition coefficient (Wildman–Crippen LogP) is 4.83. The maximum atomic E-state index is 12.5. The number of carbonyl (C=O) groups is 1. The number of nitrogens with zero attached hydrogens (tertiary/aromatic N) is 1. The van der Waals surface area contributed by atoms with Crippen molar-refractivity contribution in [3.8, 4) is 11.1 Å². The number of hydrogen-bond acceptors (Lipinski definition) is 3. The molecule has 1 aliphatic heterocycles. The second kappa shape index (κ2) is 8.28. The van der Waals surface area contributed by atoms with Crippen LogP contribution < -0.4 is 10.2 Å². The molecular formula is C24H24N2O2. The van der Waals surface area contributed by atoms with Crippen molar-refractivity contribution >= 4 is 17.3 Å². The van der Waals surface area contributed by atoms with E-state index < -0.39 is 0 Å². The van der Waals surface area contributed by atoms with Gasteiger partial charge in [0.1, 0.15) is 0 Å². The smallest absolute Gasteiger partial charge is 0.255 e. The SMILES string of the molecule is COC1CCN(c2ccc(NC(=O)c3ccc(-c4ccccc4)cc3)cc2)C1. The summed E-state index contributed by atoms with van der Waals surface area (Å²) in [5.74, 6) is -0.104. The standard InChI is InChI=1S/C24H24N2O2/c1-28-23-15-16-26(17-23)22-13-11-21(12-14-22)25-24(27)20-9-7-19(8-10-20)18-5-3-2-4-6-18/h2-14,23H,15-17H2,1H3,(H,25,27). The monoisotopic (exact) mass is 372 g/mol. The Morgan fingerprint density at radius 3 is 2.25 bits per heavy atom. The molecule has 1 heterocycles. The van der Waals surface area contributed by atoms with Gasteiger partial charge in [0.25, 0.3) is 5.91 Å². The van der Waals surface area contributed by atoms with Gasteiger partial charge in [0, 0.05) is 37.1 Å². The first-order valence-corrected chi connectivity index (χ1v) is 9.57. The Hall–Kier alpha value is -3.11. The molecule has 4 rings (SSSR count). The minimum Gasteiger partial charge on any atom is -0.380 e. The summed E-state index contributed by atoms with van der Waals surface area (Å²) < 4.78 is 5.43. The van der Waals surface area contributed by atoms with E-state index in [0.717, 1.165) is 42.0 Å². The van der Waals surface area contributed by atoms with E-state index in [2.05, 4.69) is 22.3 Å². The molecule has 0 aromatic heterocycles. The molecule has 1 fully saturated rings. The van der Waals surface area contributed by atoms with E-state index in [0.29, 0.717) is 11.7 Å². The molecule has 28 heavy (non-hydrogen) atoms. The van der Waals surface area contributed by atoms with Gasteiger partial charge in [-0.2, -0.15) is 0 Å². The second-order valence-electron chi connectivity index (χ2n) is 7.04. The van der Waals surface area contributed by atoms with Crippen LogP contribution in [0.1, 0.15) is 16.8 Å². The van der Waals surface area contributed by atoms with Crippen molar-refractivity contribution in [1.82, 2.24) is 0 Å². The Morgan fingerprint density at radius 2 is 1.61 bits per heavy atom. The van der Waals surface area contributed by atoms with E-state index in [1.165, 1.54) is 0 Å². The lowest BCUT2D eigenvalue weighted by Gasteiger charge is -2.18. The Bertz CT molecular complexity index is 921. The number of carbonyl (C=O) groups excluding carboxylic acids is 1. The predicted molar refractivity (Wildman–Crippen MR) is 114 cm³/mol. The molecule has 1 atom stereocenters. The van der Waals surface area contributed by atoms with Crippen molar-refractivity contribution in [2.75, 3.05) is 30.4 Å². The third kappa shape index (κ3) is 4.07. The second-order valence-corrected chi connectivity index (χ2v) is 7.04. The zero-order valence-corrected chi connectivity index (χ0v) is 16.0. The molecular weight excluding hydrogens is 348 g/mol. The lowest BCUT2D eigenvalue weighted by atomic mass is 10.0. The lowest BCUT2D eigenvalue weighted by molar-refractivity contribution is 0.102. The quantitative estimate of drug-likeness (QED) is 0.697. The molecule has 3 aromatic rings. The van der Waals surface area contributed by atoms with Crippen molar-refractivity contribution < 1.29 is 9.53 Å².